The van der Waals surface area contributed by atoms with Crippen LogP contribution >= 0.6 is 12.2 Å². The Labute approximate surface area is 117 Å². The molecule has 0 bridgehead atoms. The van der Waals surface area contributed by atoms with E-state index in [9.17, 15) is 4.79 Å². The second-order valence-corrected chi connectivity index (χ2v) is 4.53. The van der Waals surface area contributed by atoms with Gasteiger partial charge in [-0.1, -0.05) is 30.3 Å². The molecule has 1 atom stereocenters. The number of ether oxygens (including phenoxy) is 1. The van der Waals surface area contributed by atoms with Gasteiger partial charge in [-0.15, -0.1) is 0 Å². The van der Waals surface area contributed by atoms with Crippen molar-refractivity contribution in [3.8, 4) is 11.3 Å². The molecule has 0 spiro atoms. The normalized spacial score (nSPS) is 12.1. The van der Waals surface area contributed by atoms with Crippen LogP contribution in [0.3, 0.4) is 0 Å². The van der Waals surface area contributed by atoms with Gasteiger partial charge >= 0.3 is 5.97 Å². The molecule has 0 amide bonds. The van der Waals surface area contributed by atoms with Gasteiger partial charge in [-0.25, -0.2) is 4.79 Å². The third-order valence-electron chi connectivity index (χ3n) is 2.90. The van der Waals surface area contributed by atoms with Crippen molar-refractivity contribution in [3.63, 3.8) is 0 Å². The highest BCUT2D eigenvalue weighted by molar-refractivity contribution is 7.71. The molecule has 2 aromatic rings. The average Bonchev–Trinajstić information content (AvgIpc) is 2.81. The summed E-state index contributed by atoms with van der Waals surface area (Å²) in [6, 6.07) is 9.35. The molecule has 0 fully saturated rings. The standard InChI is InChI=1S/C14H16N2O2S/c1-3-18-13(17)10(2)16-12(9-15-14(16)19)11-7-5-4-6-8-11/h4-10H,3H2,1-2H3,(H,15,19). The lowest BCUT2D eigenvalue weighted by molar-refractivity contribution is -0.146. The number of hydrogen-bond donors (Lipinski definition) is 1. The lowest BCUT2D eigenvalue weighted by Crippen LogP contribution is -2.20. The zero-order chi connectivity index (χ0) is 13.8. The first-order chi connectivity index (χ1) is 9.15. The van der Waals surface area contributed by atoms with Crippen molar-refractivity contribution in [1.29, 1.82) is 0 Å². The maximum atomic E-state index is 11.9. The van der Waals surface area contributed by atoms with E-state index in [1.165, 1.54) is 0 Å². The predicted molar refractivity (Wildman–Crippen MR) is 76.4 cm³/mol. The first kappa shape index (κ1) is 13.5. The summed E-state index contributed by atoms with van der Waals surface area (Å²) in [4.78, 5) is 14.9. The van der Waals surface area contributed by atoms with E-state index in [4.69, 9.17) is 17.0 Å². The maximum absolute atomic E-state index is 11.9. The summed E-state index contributed by atoms with van der Waals surface area (Å²) < 4.78 is 7.35. The van der Waals surface area contributed by atoms with Crippen molar-refractivity contribution < 1.29 is 9.53 Å². The summed E-state index contributed by atoms with van der Waals surface area (Å²) in [7, 11) is 0. The Morgan fingerprint density at radius 2 is 2.11 bits per heavy atom. The molecule has 0 aliphatic heterocycles. The Bertz CT molecular complexity index is 616. The van der Waals surface area contributed by atoms with Crippen molar-refractivity contribution in [1.82, 2.24) is 9.55 Å². The van der Waals surface area contributed by atoms with Gasteiger partial charge in [-0.05, 0) is 31.6 Å². The monoisotopic (exact) mass is 276 g/mol. The summed E-state index contributed by atoms with van der Waals surface area (Å²) in [5, 5.41) is 0. The topological polar surface area (TPSA) is 47.0 Å². The van der Waals surface area contributed by atoms with Crippen LogP contribution in [0.15, 0.2) is 36.5 Å². The third kappa shape index (κ3) is 2.76. The molecule has 2 rings (SSSR count). The van der Waals surface area contributed by atoms with Crippen LogP contribution in [0.5, 0.6) is 0 Å². The molecule has 5 heteroatoms. The lowest BCUT2D eigenvalue weighted by Gasteiger charge is -2.15. The molecule has 19 heavy (non-hydrogen) atoms. The number of nitrogens with zero attached hydrogens (tertiary/aromatic N) is 1. The molecule has 0 saturated carbocycles. The predicted octanol–water partition coefficient (Wildman–Crippen LogP) is 3.34. The SMILES string of the molecule is CCOC(=O)C(C)n1c(-c2ccccc2)c[nH]c1=S. The lowest BCUT2D eigenvalue weighted by atomic mass is 10.1. The summed E-state index contributed by atoms with van der Waals surface area (Å²) >= 11 is 5.25. The average molecular weight is 276 g/mol. The minimum absolute atomic E-state index is 0.282. The number of H-pyrrole nitrogens is 1. The number of imidazole rings is 1. The van der Waals surface area contributed by atoms with Gasteiger partial charge in [0.15, 0.2) is 4.77 Å². The zero-order valence-electron chi connectivity index (χ0n) is 10.9. The second-order valence-electron chi connectivity index (χ2n) is 4.14. The van der Waals surface area contributed by atoms with Crippen molar-refractivity contribution in [2.24, 2.45) is 0 Å². The van der Waals surface area contributed by atoms with Crippen molar-refractivity contribution in [2.45, 2.75) is 19.9 Å². The number of carbonyl (C=O) groups excluding carboxylic acids is 1. The highest BCUT2D eigenvalue weighted by Crippen LogP contribution is 2.23. The number of nitrogens with one attached hydrogen (secondary N) is 1. The van der Waals surface area contributed by atoms with Crippen LogP contribution in [-0.2, 0) is 9.53 Å². The quantitative estimate of drug-likeness (QED) is 0.688. The van der Waals surface area contributed by atoms with Gasteiger partial charge in [0.05, 0.1) is 12.3 Å². The first-order valence-corrected chi connectivity index (χ1v) is 6.58. The molecule has 1 heterocycles. The summed E-state index contributed by atoms with van der Waals surface area (Å²) in [5.74, 6) is -0.282. The van der Waals surface area contributed by atoms with Crippen molar-refractivity contribution in [2.75, 3.05) is 6.61 Å². The molecule has 100 valence electrons. The van der Waals surface area contributed by atoms with Crippen LogP contribution in [0.4, 0.5) is 0 Å². The summed E-state index contributed by atoms with van der Waals surface area (Å²) in [6.07, 6.45) is 1.81. The Morgan fingerprint density at radius 1 is 1.42 bits per heavy atom. The zero-order valence-corrected chi connectivity index (χ0v) is 11.7. The van der Waals surface area contributed by atoms with Gasteiger partial charge in [0.1, 0.15) is 6.04 Å². The fourth-order valence-electron chi connectivity index (χ4n) is 1.96. The molecule has 1 unspecified atom stereocenters. The number of carbonyl (C=O) groups is 1. The summed E-state index contributed by atoms with van der Waals surface area (Å²) in [5.41, 5.74) is 1.89. The fraction of sp³-hybridized carbons (Fsp3) is 0.286. The smallest absolute Gasteiger partial charge is 0.328 e. The van der Waals surface area contributed by atoms with E-state index in [2.05, 4.69) is 4.98 Å². The molecule has 1 aromatic heterocycles. The van der Waals surface area contributed by atoms with E-state index in [-0.39, 0.29) is 5.97 Å². The number of aromatic amines is 1. The first-order valence-electron chi connectivity index (χ1n) is 6.17. The molecular weight excluding hydrogens is 260 g/mol. The Hall–Kier alpha value is -1.88. The summed E-state index contributed by atoms with van der Waals surface area (Å²) in [6.45, 7) is 3.94. The van der Waals surface area contributed by atoms with Crippen LogP contribution in [-0.4, -0.2) is 22.1 Å². The molecule has 0 aliphatic carbocycles. The van der Waals surface area contributed by atoms with Gasteiger partial charge in [0.25, 0.3) is 0 Å². The van der Waals surface area contributed by atoms with Gasteiger partial charge < -0.3 is 14.3 Å². The van der Waals surface area contributed by atoms with Crippen molar-refractivity contribution in [3.05, 3.63) is 41.3 Å². The molecule has 0 aliphatic rings. The van der Waals surface area contributed by atoms with Gasteiger partial charge in [0, 0.05) is 6.20 Å². The van der Waals surface area contributed by atoms with Crippen LogP contribution in [0.2, 0.25) is 0 Å². The number of benzene rings is 1. The molecule has 1 aromatic carbocycles. The fourth-order valence-corrected chi connectivity index (χ4v) is 2.28. The second kappa shape index (κ2) is 5.84. The molecular formula is C14H16N2O2S. The van der Waals surface area contributed by atoms with E-state index >= 15 is 0 Å². The Morgan fingerprint density at radius 3 is 2.74 bits per heavy atom. The van der Waals surface area contributed by atoms with E-state index < -0.39 is 6.04 Å². The number of rotatable bonds is 4. The number of hydrogen-bond acceptors (Lipinski definition) is 3. The highest BCUT2D eigenvalue weighted by Gasteiger charge is 2.20. The molecule has 0 saturated heterocycles. The number of aromatic nitrogens is 2. The third-order valence-corrected chi connectivity index (χ3v) is 3.21. The minimum Gasteiger partial charge on any atom is -0.464 e. The van der Waals surface area contributed by atoms with Gasteiger partial charge in [-0.3, -0.25) is 0 Å². The van der Waals surface area contributed by atoms with Crippen LogP contribution in [0.25, 0.3) is 11.3 Å². The molecule has 4 nitrogen and oxygen atoms in total. The van der Waals surface area contributed by atoms with Crippen LogP contribution in [0.1, 0.15) is 19.9 Å². The van der Waals surface area contributed by atoms with E-state index in [1.54, 1.807) is 18.4 Å². The Kier molecular flexibility index (Phi) is 4.16. The van der Waals surface area contributed by atoms with Crippen LogP contribution in [0, 0.1) is 4.77 Å². The minimum atomic E-state index is -0.450. The van der Waals surface area contributed by atoms with Crippen LogP contribution < -0.4 is 0 Å². The number of esters is 1. The largest absolute Gasteiger partial charge is 0.464 e. The van der Waals surface area contributed by atoms with E-state index in [1.807, 2.05) is 36.5 Å². The van der Waals surface area contributed by atoms with Gasteiger partial charge in [0.2, 0.25) is 0 Å². The van der Waals surface area contributed by atoms with E-state index in [0.717, 1.165) is 11.3 Å². The van der Waals surface area contributed by atoms with Gasteiger partial charge in [-0.2, -0.15) is 0 Å². The van der Waals surface area contributed by atoms with E-state index in [0.29, 0.717) is 11.4 Å². The maximum Gasteiger partial charge on any atom is 0.328 e. The molecule has 1 N–H and O–H groups in total. The highest BCUT2D eigenvalue weighted by atomic mass is 32.1. The Balaban J connectivity index is 2.44. The molecule has 0 radical (unpaired) electrons. The van der Waals surface area contributed by atoms with Crippen molar-refractivity contribution >= 4 is 18.2 Å².